The number of aliphatic hydroxyl groups excluding tert-OH is 2. The van der Waals surface area contributed by atoms with Gasteiger partial charge >= 0.3 is 0 Å². The second-order valence-corrected chi connectivity index (χ2v) is 8.48. The lowest BCUT2D eigenvalue weighted by atomic mass is 9.87. The second kappa shape index (κ2) is 7.69. The highest BCUT2D eigenvalue weighted by Crippen LogP contribution is 2.43. The number of nitrogens with two attached hydrogens (primary N) is 1. The number of rotatable bonds is 5. The van der Waals surface area contributed by atoms with Crippen molar-refractivity contribution in [2.45, 2.75) is 9.53 Å². The van der Waals surface area contributed by atoms with Gasteiger partial charge in [-0.2, -0.15) is 0 Å². The summed E-state index contributed by atoms with van der Waals surface area (Å²) in [6.45, 7) is -0.525. The Morgan fingerprint density at radius 3 is 2.60 bits per heavy atom. The zero-order valence-corrected chi connectivity index (χ0v) is 16.6. The topological polar surface area (TPSA) is 113 Å². The van der Waals surface area contributed by atoms with Gasteiger partial charge in [0.05, 0.1) is 18.6 Å². The van der Waals surface area contributed by atoms with E-state index in [-0.39, 0.29) is 6.54 Å². The molecule has 1 rings (SSSR count). The average Bonchev–Trinajstić information content (AvgIpc) is 2.34. The summed E-state index contributed by atoms with van der Waals surface area (Å²) in [6, 6.07) is 0. The molecule has 6 nitrogen and oxygen atoms in total. The van der Waals surface area contributed by atoms with Gasteiger partial charge < -0.3 is 21.3 Å². The summed E-state index contributed by atoms with van der Waals surface area (Å²) in [4.78, 5) is 24.0. The third kappa shape index (κ3) is 4.27. The number of allylic oxidation sites excluding steroid dienone is 2. The Bertz CT molecular complexity index is 480. The van der Waals surface area contributed by atoms with Gasteiger partial charge in [0.15, 0.2) is 0 Å². The van der Waals surface area contributed by atoms with Gasteiger partial charge in [0.25, 0.3) is 0 Å². The minimum Gasteiger partial charge on any atom is -0.394 e. The highest BCUT2D eigenvalue weighted by atomic mass is 127. The molecule has 0 bridgehead atoms. The van der Waals surface area contributed by atoms with Crippen molar-refractivity contribution in [1.29, 1.82) is 0 Å². The maximum atomic E-state index is 12.3. The number of nitrogens with one attached hydrogen (secondary N) is 1. The van der Waals surface area contributed by atoms with Crippen LogP contribution >= 0.6 is 67.8 Å². The van der Waals surface area contributed by atoms with E-state index in [4.69, 9.17) is 10.8 Å². The molecule has 0 aromatic rings. The first-order valence-electron chi connectivity index (χ1n) is 5.53. The maximum Gasteiger partial charge on any atom is 0.238 e. The number of amides is 2. The Balaban J connectivity index is 2.98. The molecule has 0 spiro atoms. The fourth-order valence-corrected chi connectivity index (χ4v) is 6.33. The fraction of sp³-hybridized carbons (Fsp3) is 0.455. The molecule has 20 heavy (non-hydrogen) atoms. The molecule has 0 saturated heterocycles. The highest BCUT2D eigenvalue weighted by molar-refractivity contribution is 14.1. The van der Waals surface area contributed by atoms with E-state index in [1.165, 1.54) is 0 Å². The molecular formula is C11H13I3N2O4. The van der Waals surface area contributed by atoms with Crippen LogP contribution in [0.4, 0.5) is 0 Å². The highest BCUT2D eigenvalue weighted by Gasteiger charge is 2.47. The molecule has 0 radical (unpaired) electrons. The molecule has 0 aromatic heterocycles. The van der Waals surface area contributed by atoms with Gasteiger partial charge in [0, 0.05) is 13.7 Å². The van der Waals surface area contributed by atoms with E-state index in [9.17, 15) is 14.7 Å². The van der Waals surface area contributed by atoms with E-state index < -0.39 is 33.9 Å². The van der Waals surface area contributed by atoms with Crippen molar-refractivity contribution in [1.82, 2.24) is 5.32 Å². The summed E-state index contributed by atoms with van der Waals surface area (Å²) >= 11 is 5.95. The predicted molar refractivity (Wildman–Crippen MR) is 99.7 cm³/mol. The van der Waals surface area contributed by atoms with Crippen LogP contribution in [0.5, 0.6) is 0 Å². The van der Waals surface area contributed by atoms with Crippen LogP contribution in [0.2, 0.25) is 0 Å². The van der Waals surface area contributed by atoms with Crippen LogP contribution in [0.1, 0.15) is 0 Å². The third-order valence-electron chi connectivity index (χ3n) is 2.68. The molecule has 2 amide bonds. The van der Waals surface area contributed by atoms with Gasteiger partial charge in [0.2, 0.25) is 11.8 Å². The van der Waals surface area contributed by atoms with E-state index in [1.54, 1.807) is 12.2 Å². The van der Waals surface area contributed by atoms with Crippen LogP contribution in [-0.4, -0.2) is 44.7 Å². The van der Waals surface area contributed by atoms with Crippen molar-refractivity contribution < 1.29 is 19.8 Å². The van der Waals surface area contributed by atoms with Crippen molar-refractivity contribution in [3.8, 4) is 0 Å². The van der Waals surface area contributed by atoms with Crippen molar-refractivity contribution in [2.24, 2.45) is 11.7 Å². The Labute approximate surface area is 157 Å². The standard InChI is InChI=1S/C11H13I3N2O4/c12-5-1-7(13)8(11(14,2-5)10(15)20)9(19)16-3-6(18)4-17/h1-2,6,8,17-18H,3-4H2,(H2,15,20)(H,16,19). The van der Waals surface area contributed by atoms with Crippen LogP contribution in [0.3, 0.4) is 0 Å². The molecule has 3 unspecified atom stereocenters. The first-order valence-corrected chi connectivity index (χ1v) is 8.77. The first-order chi connectivity index (χ1) is 9.22. The molecule has 5 N–H and O–H groups in total. The second-order valence-electron chi connectivity index (χ2n) is 4.21. The van der Waals surface area contributed by atoms with Gasteiger partial charge in [-0.25, -0.2) is 0 Å². The molecule has 3 atom stereocenters. The van der Waals surface area contributed by atoms with E-state index >= 15 is 0 Å². The number of hydrogen-bond donors (Lipinski definition) is 4. The Hall–Kier alpha value is 0.530. The van der Waals surface area contributed by atoms with Gasteiger partial charge in [-0.15, -0.1) is 0 Å². The van der Waals surface area contributed by atoms with Crippen LogP contribution < -0.4 is 11.1 Å². The Morgan fingerprint density at radius 1 is 1.50 bits per heavy atom. The van der Waals surface area contributed by atoms with Gasteiger partial charge in [-0.05, 0) is 57.3 Å². The summed E-state index contributed by atoms with van der Waals surface area (Å²) in [6.07, 6.45) is 2.43. The molecule has 112 valence electrons. The van der Waals surface area contributed by atoms with Crippen LogP contribution in [0.15, 0.2) is 19.3 Å². The lowest BCUT2D eigenvalue weighted by Gasteiger charge is -2.32. The summed E-state index contributed by atoms with van der Waals surface area (Å²) < 4.78 is 0.381. The molecule has 0 heterocycles. The lowest BCUT2D eigenvalue weighted by Crippen LogP contribution is -2.51. The van der Waals surface area contributed by atoms with Crippen molar-refractivity contribution in [2.75, 3.05) is 13.2 Å². The van der Waals surface area contributed by atoms with Crippen molar-refractivity contribution in [3.05, 3.63) is 19.3 Å². The minimum atomic E-state index is -1.15. The number of halogens is 3. The molecule has 1 aliphatic carbocycles. The summed E-state index contributed by atoms with van der Waals surface area (Å²) in [5.74, 6) is -1.76. The Kier molecular flexibility index (Phi) is 7.14. The average molecular weight is 618 g/mol. The summed E-state index contributed by atoms with van der Waals surface area (Å²) in [7, 11) is 0. The zero-order valence-electron chi connectivity index (χ0n) is 10.1. The third-order valence-corrected chi connectivity index (χ3v) is 5.70. The molecule has 0 aromatic carbocycles. The van der Waals surface area contributed by atoms with Crippen LogP contribution in [0, 0.1) is 5.92 Å². The van der Waals surface area contributed by atoms with Gasteiger partial charge in [-0.1, -0.05) is 22.6 Å². The molecule has 9 heteroatoms. The quantitative estimate of drug-likeness (QED) is 0.264. The predicted octanol–water partition coefficient (Wildman–Crippen LogP) is 0.382. The zero-order chi connectivity index (χ0) is 15.5. The first kappa shape index (κ1) is 18.6. The van der Waals surface area contributed by atoms with E-state index in [0.29, 0.717) is 3.58 Å². The lowest BCUT2D eigenvalue weighted by molar-refractivity contribution is -0.128. The molecule has 0 aliphatic heterocycles. The smallest absolute Gasteiger partial charge is 0.238 e. The number of alkyl halides is 1. The molecule has 0 fully saturated rings. The number of aliphatic hydroxyl groups is 2. The minimum absolute atomic E-state index is 0.0813. The SMILES string of the molecule is NC(=O)C1(I)C=C(I)C=C(I)C1C(=O)NCC(O)CO. The fourth-order valence-electron chi connectivity index (χ4n) is 1.66. The van der Waals surface area contributed by atoms with Crippen LogP contribution in [-0.2, 0) is 9.59 Å². The van der Waals surface area contributed by atoms with Gasteiger partial charge in [-0.3, -0.25) is 9.59 Å². The Morgan fingerprint density at radius 2 is 2.10 bits per heavy atom. The molecule has 0 saturated carbocycles. The molecule has 1 aliphatic rings. The number of carbonyl (C=O) groups excluding carboxylic acids is 2. The van der Waals surface area contributed by atoms with E-state index in [0.717, 1.165) is 3.58 Å². The number of hydrogen-bond acceptors (Lipinski definition) is 4. The van der Waals surface area contributed by atoms with Gasteiger partial charge in [0.1, 0.15) is 3.42 Å². The number of carbonyl (C=O) groups is 2. The summed E-state index contributed by atoms with van der Waals surface area (Å²) in [5, 5.41) is 20.5. The summed E-state index contributed by atoms with van der Waals surface area (Å²) in [5.41, 5.74) is 5.44. The monoisotopic (exact) mass is 618 g/mol. The van der Waals surface area contributed by atoms with Crippen molar-refractivity contribution >= 4 is 79.6 Å². The normalized spacial score (nSPS) is 27.4. The maximum absolute atomic E-state index is 12.3. The van der Waals surface area contributed by atoms with Crippen molar-refractivity contribution in [3.63, 3.8) is 0 Å². The largest absolute Gasteiger partial charge is 0.394 e. The number of primary amides is 1. The van der Waals surface area contributed by atoms with Crippen LogP contribution in [0.25, 0.3) is 0 Å². The molecular weight excluding hydrogens is 605 g/mol. The van der Waals surface area contributed by atoms with E-state index in [1.807, 2.05) is 45.2 Å². The van der Waals surface area contributed by atoms with E-state index in [2.05, 4.69) is 27.9 Å².